The molecule has 2 fully saturated rings. The molecule has 2 saturated heterocycles. The van der Waals surface area contributed by atoms with Crippen LogP contribution < -0.4 is 16.0 Å². The molecule has 1 amide bonds. The highest BCUT2D eigenvalue weighted by Crippen LogP contribution is 2.35. The number of nitrogens with zero attached hydrogens (tertiary/aromatic N) is 3. The highest BCUT2D eigenvalue weighted by atomic mass is 16.5. The van der Waals surface area contributed by atoms with Crippen molar-refractivity contribution in [3.63, 3.8) is 0 Å². The molecule has 1 aromatic heterocycles. The van der Waals surface area contributed by atoms with Gasteiger partial charge in [-0.25, -0.2) is 9.97 Å². The number of nitrogens with one attached hydrogen (secondary N) is 1. The van der Waals surface area contributed by atoms with Crippen LogP contribution in [0.15, 0.2) is 0 Å². The van der Waals surface area contributed by atoms with E-state index in [9.17, 15) is 4.79 Å². The van der Waals surface area contributed by atoms with Gasteiger partial charge in [0, 0.05) is 36.4 Å². The lowest BCUT2D eigenvalue weighted by molar-refractivity contribution is -0.164. The van der Waals surface area contributed by atoms with Gasteiger partial charge in [0.15, 0.2) is 0 Å². The molecule has 27 heavy (non-hydrogen) atoms. The van der Waals surface area contributed by atoms with Crippen LogP contribution in [-0.2, 0) is 4.74 Å². The van der Waals surface area contributed by atoms with E-state index in [1.807, 2.05) is 13.8 Å². The molecule has 3 heterocycles. The summed E-state index contributed by atoms with van der Waals surface area (Å²) in [7, 11) is 0. The number of nitrogens with two attached hydrogens (primary N) is 1. The second kappa shape index (κ2) is 7.02. The number of hydrogen-bond acceptors (Lipinski definition) is 6. The highest BCUT2D eigenvalue weighted by molar-refractivity contribution is 5.89. The third kappa shape index (κ3) is 4.58. The number of amides is 1. The van der Waals surface area contributed by atoms with E-state index in [0.29, 0.717) is 12.1 Å². The largest absolute Gasteiger partial charge is 0.370 e. The van der Waals surface area contributed by atoms with Gasteiger partial charge in [-0.3, -0.25) is 4.79 Å². The number of hydrogen-bond donors (Lipinski definition) is 2. The van der Waals surface area contributed by atoms with Crippen molar-refractivity contribution in [2.24, 2.45) is 5.73 Å². The Morgan fingerprint density at radius 2 is 1.78 bits per heavy atom. The van der Waals surface area contributed by atoms with E-state index < -0.39 is 5.91 Å². The van der Waals surface area contributed by atoms with Crippen molar-refractivity contribution in [1.29, 1.82) is 0 Å². The summed E-state index contributed by atoms with van der Waals surface area (Å²) in [4.78, 5) is 22.4. The van der Waals surface area contributed by atoms with Crippen molar-refractivity contribution in [2.75, 3.05) is 18.0 Å². The van der Waals surface area contributed by atoms with Gasteiger partial charge in [0.2, 0.25) is 5.82 Å². The number of anilines is 1. The van der Waals surface area contributed by atoms with Gasteiger partial charge < -0.3 is 20.7 Å². The summed E-state index contributed by atoms with van der Waals surface area (Å²) < 4.78 is 6.20. The summed E-state index contributed by atoms with van der Waals surface area (Å²) >= 11 is 0. The van der Waals surface area contributed by atoms with Crippen LogP contribution in [0.3, 0.4) is 0 Å². The van der Waals surface area contributed by atoms with Gasteiger partial charge in [-0.2, -0.15) is 0 Å². The molecule has 3 N–H and O–H groups in total. The lowest BCUT2D eigenvalue weighted by Gasteiger charge is -2.46. The minimum atomic E-state index is -0.583. The predicted molar refractivity (Wildman–Crippen MR) is 106 cm³/mol. The Morgan fingerprint density at radius 1 is 1.15 bits per heavy atom. The van der Waals surface area contributed by atoms with Gasteiger partial charge in [0.05, 0.1) is 11.2 Å². The third-order valence-corrected chi connectivity index (χ3v) is 5.57. The first-order valence-corrected chi connectivity index (χ1v) is 9.82. The standard InChI is InChI=1S/C20H33N5O2/c1-12-13(2)22-17(16(21)26)24-18(12)25-8-7-14(11-25)23-15-9-19(3,4)27-20(5,6)10-15/h14-15,23H,7-11H2,1-6H3,(H2,21,26)/t14-/m1/s1. The second-order valence-electron chi connectivity index (χ2n) is 9.27. The minimum Gasteiger partial charge on any atom is -0.370 e. The Labute approximate surface area is 162 Å². The van der Waals surface area contributed by atoms with Crippen LogP contribution in [0.4, 0.5) is 5.82 Å². The van der Waals surface area contributed by atoms with E-state index in [1.54, 1.807) is 0 Å². The highest BCUT2D eigenvalue weighted by Gasteiger charge is 2.40. The zero-order valence-corrected chi connectivity index (χ0v) is 17.4. The molecular weight excluding hydrogens is 342 g/mol. The van der Waals surface area contributed by atoms with Gasteiger partial charge in [-0.15, -0.1) is 0 Å². The maximum absolute atomic E-state index is 11.5. The van der Waals surface area contributed by atoms with E-state index in [-0.39, 0.29) is 17.0 Å². The molecule has 7 heteroatoms. The van der Waals surface area contributed by atoms with Crippen molar-refractivity contribution in [3.05, 3.63) is 17.1 Å². The lowest BCUT2D eigenvalue weighted by Crippen LogP contribution is -2.54. The number of primary amides is 1. The minimum absolute atomic E-state index is 0.0948. The molecule has 3 rings (SSSR count). The summed E-state index contributed by atoms with van der Waals surface area (Å²) in [5.74, 6) is 0.338. The molecule has 7 nitrogen and oxygen atoms in total. The van der Waals surface area contributed by atoms with Crippen molar-refractivity contribution in [2.45, 2.75) is 84.1 Å². The molecule has 0 aliphatic carbocycles. The first-order chi connectivity index (χ1) is 12.5. The average molecular weight is 376 g/mol. The van der Waals surface area contributed by atoms with Crippen LogP contribution >= 0.6 is 0 Å². The molecule has 0 unspecified atom stereocenters. The fraction of sp³-hybridized carbons (Fsp3) is 0.750. The van der Waals surface area contributed by atoms with E-state index in [2.05, 4.69) is 47.9 Å². The van der Waals surface area contributed by atoms with Crippen molar-refractivity contribution >= 4 is 11.7 Å². The van der Waals surface area contributed by atoms with Crippen LogP contribution in [0, 0.1) is 13.8 Å². The van der Waals surface area contributed by atoms with Gasteiger partial charge in [-0.1, -0.05) is 0 Å². The third-order valence-electron chi connectivity index (χ3n) is 5.57. The monoisotopic (exact) mass is 375 g/mol. The molecule has 0 saturated carbocycles. The Kier molecular flexibility index (Phi) is 5.20. The Balaban J connectivity index is 1.70. The number of aryl methyl sites for hydroxylation is 1. The average Bonchev–Trinajstić information content (AvgIpc) is 2.94. The van der Waals surface area contributed by atoms with E-state index in [1.165, 1.54) is 0 Å². The maximum Gasteiger partial charge on any atom is 0.286 e. The lowest BCUT2D eigenvalue weighted by atomic mass is 9.85. The van der Waals surface area contributed by atoms with Crippen molar-refractivity contribution in [3.8, 4) is 0 Å². The fourth-order valence-corrected chi connectivity index (χ4v) is 4.66. The molecule has 0 bridgehead atoms. The molecule has 0 spiro atoms. The molecule has 2 aliphatic rings. The Hall–Kier alpha value is -1.73. The van der Waals surface area contributed by atoms with Gasteiger partial charge >= 0.3 is 0 Å². The Bertz CT molecular complexity index is 715. The molecule has 0 radical (unpaired) electrons. The molecule has 2 aliphatic heterocycles. The first kappa shape index (κ1) is 20.0. The maximum atomic E-state index is 11.5. The molecule has 1 aromatic rings. The van der Waals surface area contributed by atoms with E-state index in [4.69, 9.17) is 10.5 Å². The van der Waals surface area contributed by atoms with Gasteiger partial charge in [-0.05, 0) is 60.8 Å². The number of carbonyl (C=O) groups is 1. The summed E-state index contributed by atoms with van der Waals surface area (Å²) in [6.45, 7) is 14.3. The number of ether oxygens (including phenoxy) is 1. The molecule has 0 aromatic carbocycles. The van der Waals surface area contributed by atoms with Crippen molar-refractivity contribution < 1.29 is 9.53 Å². The number of aromatic nitrogens is 2. The van der Waals surface area contributed by atoms with Crippen LogP contribution in [0.5, 0.6) is 0 Å². The summed E-state index contributed by atoms with van der Waals surface area (Å²) in [6, 6.07) is 0.828. The summed E-state index contributed by atoms with van der Waals surface area (Å²) in [5, 5.41) is 3.84. The predicted octanol–water partition coefficient (Wildman–Crippen LogP) is 2.10. The number of carbonyl (C=O) groups excluding carboxylic acids is 1. The fourth-order valence-electron chi connectivity index (χ4n) is 4.66. The van der Waals surface area contributed by atoms with Crippen molar-refractivity contribution in [1.82, 2.24) is 15.3 Å². The zero-order valence-electron chi connectivity index (χ0n) is 17.4. The zero-order chi connectivity index (χ0) is 20.0. The van der Waals surface area contributed by atoms with E-state index in [0.717, 1.165) is 49.4 Å². The second-order valence-corrected chi connectivity index (χ2v) is 9.27. The number of rotatable bonds is 4. The first-order valence-electron chi connectivity index (χ1n) is 9.82. The Morgan fingerprint density at radius 3 is 2.37 bits per heavy atom. The van der Waals surface area contributed by atoms with Gasteiger partial charge in [0.1, 0.15) is 5.82 Å². The quantitative estimate of drug-likeness (QED) is 0.837. The van der Waals surface area contributed by atoms with Crippen LogP contribution in [0.1, 0.15) is 68.8 Å². The smallest absolute Gasteiger partial charge is 0.286 e. The topological polar surface area (TPSA) is 93.4 Å². The van der Waals surface area contributed by atoms with Crippen LogP contribution in [0.2, 0.25) is 0 Å². The summed E-state index contributed by atoms with van der Waals surface area (Å²) in [6.07, 6.45) is 3.06. The SMILES string of the molecule is Cc1nc(C(N)=O)nc(N2CC[C@@H](NC3CC(C)(C)OC(C)(C)C3)C2)c1C. The summed E-state index contributed by atoms with van der Waals surface area (Å²) in [5.41, 5.74) is 6.97. The molecule has 150 valence electrons. The normalized spacial score (nSPS) is 25.0. The van der Waals surface area contributed by atoms with E-state index >= 15 is 0 Å². The van der Waals surface area contributed by atoms with Gasteiger partial charge in [0.25, 0.3) is 5.91 Å². The van der Waals surface area contributed by atoms with Crippen LogP contribution in [-0.4, -0.2) is 52.3 Å². The molecule has 1 atom stereocenters. The molecular formula is C20H33N5O2. The van der Waals surface area contributed by atoms with Crippen LogP contribution in [0.25, 0.3) is 0 Å².